The number of pyridine rings is 1. The Kier molecular flexibility index (Phi) is 3.96. The molecule has 0 aliphatic heterocycles. The maximum atomic E-state index is 5.76. The number of anilines is 1. The first-order valence-electron chi connectivity index (χ1n) is 8.80. The van der Waals surface area contributed by atoms with Crippen molar-refractivity contribution in [2.24, 2.45) is 0 Å². The average Bonchev–Trinajstić information content (AvgIpc) is 3.01. The standard InChI is InChI=1S/C22H22N4/c1-14-4-7-17(8-5-14)16(3)26-20-12-15(2)6-10-19(20)25-22(26)18-9-11-21(23)24-13-18/h4-13,16H,1-3H3,(H2,23,24)/t16-/m0/s1. The molecule has 2 aromatic carbocycles. The Morgan fingerprint density at radius 3 is 2.35 bits per heavy atom. The third-order valence-corrected chi connectivity index (χ3v) is 4.84. The molecular formula is C22H22N4. The Labute approximate surface area is 153 Å². The van der Waals surface area contributed by atoms with Gasteiger partial charge < -0.3 is 10.3 Å². The van der Waals surface area contributed by atoms with Gasteiger partial charge in [-0.1, -0.05) is 35.9 Å². The van der Waals surface area contributed by atoms with Crippen LogP contribution in [0.2, 0.25) is 0 Å². The van der Waals surface area contributed by atoms with Crippen LogP contribution in [0, 0.1) is 13.8 Å². The van der Waals surface area contributed by atoms with Crippen LogP contribution in [-0.2, 0) is 0 Å². The highest BCUT2D eigenvalue weighted by atomic mass is 15.1. The maximum Gasteiger partial charge on any atom is 0.143 e. The van der Waals surface area contributed by atoms with E-state index in [0.29, 0.717) is 5.82 Å². The van der Waals surface area contributed by atoms with Crippen LogP contribution in [0.25, 0.3) is 22.4 Å². The molecule has 4 rings (SSSR count). The number of nitrogens with two attached hydrogens (primary N) is 1. The molecule has 0 bridgehead atoms. The molecule has 0 aliphatic carbocycles. The number of fused-ring (bicyclic) bond motifs is 1. The molecule has 2 heterocycles. The first kappa shape index (κ1) is 16.3. The van der Waals surface area contributed by atoms with Gasteiger partial charge in [-0.25, -0.2) is 9.97 Å². The lowest BCUT2D eigenvalue weighted by Gasteiger charge is -2.19. The number of hydrogen-bond acceptors (Lipinski definition) is 3. The molecule has 0 unspecified atom stereocenters. The van der Waals surface area contributed by atoms with E-state index in [1.165, 1.54) is 16.7 Å². The van der Waals surface area contributed by atoms with E-state index in [4.69, 9.17) is 10.7 Å². The second kappa shape index (κ2) is 6.30. The van der Waals surface area contributed by atoms with Gasteiger partial charge in [-0.3, -0.25) is 0 Å². The quantitative estimate of drug-likeness (QED) is 0.576. The number of hydrogen-bond donors (Lipinski definition) is 1. The van der Waals surface area contributed by atoms with Crippen molar-refractivity contribution in [2.45, 2.75) is 26.8 Å². The molecule has 0 aliphatic rings. The van der Waals surface area contributed by atoms with Crippen LogP contribution in [0.3, 0.4) is 0 Å². The van der Waals surface area contributed by atoms with E-state index < -0.39 is 0 Å². The van der Waals surface area contributed by atoms with Gasteiger partial charge in [-0.05, 0) is 56.2 Å². The number of nitrogens with zero attached hydrogens (tertiary/aromatic N) is 3. The van der Waals surface area contributed by atoms with Crippen LogP contribution in [0.15, 0.2) is 60.8 Å². The minimum atomic E-state index is 0.148. The Hall–Kier alpha value is -3.14. The lowest BCUT2D eigenvalue weighted by Crippen LogP contribution is -2.09. The lowest BCUT2D eigenvalue weighted by molar-refractivity contribution is 0.664. The number of aryl methyl sites for hydroxylation is 2. The fourth-order valence-electron chi connectivity index (χ4n) is 3.33. The zero-order valence-corrected chi connectivity index (χ0v) is 15.3. The third kappa shape index (κ3) is 2.84. The highest BCUT2D eigenvalue weighted by Crippen LogP contribution is 2.32. The highest BCUT2D eigenvalue weighted by molar-refractivity contribution is 5.81. The molecule has 0 spiro atoms. The van der Waals surface area contributed by atoms with Crippen molar-refractivity contribution in [3.8, 4) is 11.4 Å². The number of aromatic nitrogens is 3. The van der Waals surface area contributed by atoms with E-state index >= 15 is 0 Å². The van der Waals surface area contributed by atoms with Gasteiger partial charge in [-0.15, -0.1) is 0 Å². The molecular weight excluding hydrogens is 320 g/mol. The summed E-state index contributed by atoms with van der Waals surface area (Å²) in [5, 5.41) is 0. The Morgan fingerprint density at radius 1 is 0.923 bits per heavy atom. The van der Waals surface area contributed by atoms with E-state index in [9.17, 15) is 0 Å². The molecule has 4 aromatic rings. The van der Waals surface area contributed by atoms with Crippen molar-refractivity contribution < 1.29 is 0 Å². The summed E-state index contributed by atoms with van der Waals surface area (Å²) in [5.74, 6) is 1.42. The topological polar surface area (TPSA) is 56.7 Å². The highest BCUT2D eigenvalue weighted by Gasteiger charge is 2.19. The van der Waals surface area contributed by atoms with E-state index in [1.54, 1.807) is 6.20 Å². The van der Waals surface area contributed by atoms with Gasteiger partial charge in [-0.2, -0.15) is 0 Å². The first-order chi connectivity index (χ1) is 12.5. The summed E-state index contributed by atoms with van der Waals surface area (Å²) in [6, 6.07) is 19.0. The molecule has 0 saturated carbocycles. The van der Waals surface area contributed by atoms with E-state index in [1.807, 2.05) is 12.1 Å². The molecule has 4 nitrogen and oxygen atoms in total. The minimum Gasteiger partial charge on any atom is -0.384 e. The molecule has 0 fully saturated rings. The molecule has 1 atom stereocenters. The van der Waals surface area contributed by atoms with Crippen molar-refractivity contribution in [2.75, 3.05) is 5.73 Å². The summed E-state index contributed by atoms with van der Waals surface area (Å²) in [4.78, 5) is 9.15. The van der Waals surface area contributed by atoms with Crippen LogP contribution in [0.5, 0.6) is 0 Å². The number of imidazole rings is 1. The third-order valence-electron chi connectivity index (χ3n) is 4.84. The van der Waals surface area contributed by atoms with Crippen LogP contribution in [-0.4, -0.2) is 14.5 Å². The van der Waals surface area contributed by atoms with Gasteiger partial charge in [0.25, 0.3) is 0 Å². The molecule has 0 saturated heterocycles. The fraction of sp³-hybridized carbons (Fsp3) is 0.182. The SMILES string of the molecule is Cc1ccc([C@H](C)n2c(-c3ccc(N)nc3)nc3ccc(C)cc32)cc1. The average molecular weight is 342 g/mol. The second-order valence-electron chi connectivity index (χ2n) is 6.86. The van der Waals surface area contributed by atoms with Gasteiger partial charge in [0, 0.05) is 11.8 Å². The zero-order valence-electron chi connectivity index (χ0n) is 15.3. The summed E-state index contributed by atoms with van der Waals surface area (Å²) in [5.41, 5.74) is 12.6. The second-order valence-corrected chi connectivity index (χ2v) is 6.86. The normalized spacial score (nSPS) is 12.4. The summed E-state index contributed by atoms with van der Waals surface area (Å²) < 4.78 is 2.29. The van der Waals surface area contributed by atoms with Crippen molar-refractivity contribution in [3.63, 3.8) is 0 Å². The maximum absolute atomic E-state index is 5.76. The van der Waals surface area contributed by atoms with Gasteiger partial charge in [0.15, 0.2) is 0 Å². The van der Waals surface area contributed by atoms with E-state index in [2.05, 4.69) is 72.8 Å². The largest absolute Gasteiger partial charge is 0.384 e. The van der Waals surface area contributed by atoms with Crippen molar-refractivity contribution >= 4 is 16.9 Å². The lowest BCUT2D eigenvalue weighted by atomic mass is 10.1. The fourth-order valence-corrected chi connectivity index (χ4v) is 3.33. The summed E-state index contributed by atoms with van der Waals surface area (Å²) in [7, 11) is 0. The molecule has 2 N–H and O–H groups in total. The number of nitrogen functional groups attached to an aromatic ring is 1. The summed E-state index contributed by atoms with van der Waals surface area (Å²) in [6.07, 6.45) is 1.79. The van der Waals surface area contributed by atoms with Gasteiger partial charge >= 0.3 is 0 Å². The molecule has 0 radical (unpaired) electrons. The van der Waals surface area contributed by atoms with Crippen molar-refractivity contribution in [1.82, 2.24) is 14.5 Å². The van der Waals surface area contributed by atoms with Crippen LogP contribution in [0.1, 0.15) is 29.7 Å². The summed E-state index contributed by atoms with van der Waals surface area (Å²) >= 11 is 0. The first-order valence-corrected chi connectivity index (χ1v) is 8.80. The summed E-state index contributed by atoms with van der Waals surface area (Å²) in [6.45, 7) is 6.43. The smallest absolute Gasteiger partial charge is 0.143 e. The molecule has 130 valence electrons. The number of rotatable bonds is 3. The van der Waals surface area contributed by atoms with Crippen molar-refractivity contribution in [1.29, 1.82) is 0 Å². The van der Waals surface area contributed by atoms with Crippen molar-refractivity contribution in [3.05, 3.63) is 77.5 Å². The minimum absolute atomic E-state index is 0.148. The predicted octanol–water partition coefficient (Wildman–Crippen LogP) is 4.91. The molecule has 26 heavy (non-hydrogen) atoms. The molecule has 0 amide bonds. The predicted molar refractivity (Wildman–Crippen MR) is 107 cm³/mol. The number of benzene rings is 2. The zero-order chi connectivity index (χ0) is 18.3. The van der Waals surface area contributed by atoms with E-state index in [0.717, 1.165) is 22.4 Å². The van der Waals surface area contributed by atoms with E-state index in [-0.39, 0.29) is 6.04 Å². The van der Waals surface area contributed by atoms with Gasteiger partial charge in [0.05, 0.1) is 17.1 Å². The Bertz CT molecular complexity index is 1060. The molecule has 2 aromatic heterocycles. The Balaban J connectivity index is 1.95. The van der Waals surface area contributed by atoms with Crippen LogP contribution in [0.4, 0.5) is 5.82 Å². The molecule has 4 heteroatoms. The van der Waals surface area contributed by atoms with Crippen LogP contribution >= 0.6 is 0 Å². The van der Waals surface area contributed by atoms with Crippen LogP contribution < -0.4 is 5.73 Å². The Morgan fingerprint density at radius 2 is 1.65 bits per heavy atom. The van der Waals surface area contributed by atoms with Gasteiger partial charge in [0.2, 0.25) is 0 Å². The van der Waals surface area contributed by atoms with Gasteiger partial charge in [0.1, 0.15) is 11.6 Å². The monoisotopic (exact) mass is 342 g/mol.